The number of likely N-dealkylation sites (N-methyl/N-ethyl adjacent to an activating group) is 1. The first-order chi connectivity index (χ1) is 15.4. The fourth-order valence-electron chi connectivity index (χ4n) is 3.69. The van der Waals surface area contributed by atoms with Crippen molar-refractivity contribution in [1.29, 1.82) is 0 Å². The lowest BCUT2D eigenvalue weighted by Gasteiger charge is -2.35. The molecule has 1 aliphatic rings. The van der Waals surface area contributed by atoms with Crippen molar-refractivity contribution in [3.8, 4) is 0 Å². The Morgan fingerprint density at radius 3 is 2.44 bits per heavy atom. The summed E-state index contributed by atoms with van der Waals surface area (Å²) in [4.78, 5) is 30.5. The number of amides is 2. The molecule has 0 aliphatic carbocycles. The normalized spacial score (nSPS) is 14.3. The summed E-state index contributed by atoms with van der Waals surface area (Å²) >= 11 is 7.58. The average Bonchev–Trinajstić information content (AvgIpc) is 3.31. The zero-order valence-corrected chi connectivity index (χ0v) is 19.6. The number of nitrogens with zero attached hydrogens (tertiary/aromatic N) is 2. The highest BCUT2D eigenvalue weighted by Gasteiger charge is 2.17. The van der Waals surface area contributed by atoms with E-state index in [1.807, 2.05) is 23.6 Å². The lowest BCUT2D eigenvalue weighted by molar-refractivity contribution is 0.101. The van der Waals surface area contributed by atoms with Gasteiger partial charge >= 0.3 is 0 Å². The summed E-state index contributed by atoms with van der Waals surface area (Å²) in [6.07, 6.45) is 0. The first kappa shape index (κ1) is 22.3. The molecule has 6 nitrogen and oxygen atoms in total. The Kier molecular flexibility index (Phi) is 6.79. The van der Waals surface area contributed by atoms with Crippen LogP contribution in [0.5, 0.6) is 0 Å². The van der Waals surface area contributed by atoms with Gasteiger partial charge in [-0.3, -0.25) is 9.59 Å². The number of aryl methyl sites for hydroxylation is 1. The number of rotatable bonds is 5. The molecule has 3 aromatic rings. The van der Waals surface area contributed by atoms with Gasteiger partial charge < -0.3 is 20.4 Å². The van der Waals surface area contributed by atoms with Crippen LogP contribution in [0, 0.1) is 6.92 Å². The highest BCUT2D eigenvalue weighted by atomic mass is 35.5. The third-order valence-electron chi connectivity index (χ3n) is 5.52. The Balaban J connectivity index is 1.45. The van der Waals surface area contributed by atoms with Crippen LogP contribution < -0.4 is 15.5 Å². The Morgan fingerprint density at radius 2 is 1.75 bits per heavy atom. The van der Waals surface area contributed by atoms with Crippen LogP contribution in [0.3, 0.4) is 0 Å². The maximum atomic E-state index is 12.8. The molecule has 4 rings (SSSR count). The number of thiophene rings is 1. The van der Waals surface area contributed by atoms with Crippen LogP contribution in [0.4, 0.5) is 17.1 Å². The van der Waals surface area contributed by atoms with Gasteiger partial charge in [-0.15, -0.1) is 11.3 Å². The third-order valence-corrected chi connectivity index (χ3v) is 6.72. The van der Waals surface area contributed by atoms with Crippen LogP contribution in [0.25, 0.3) is 0 Å². The summed E-state index contributed by atoms with van der Waals surface area (Å²) in [5.41, 5.74) is 3.86. The molecule has 1 aromatic heterocycles. The second-order valence-corrected chi connectivity index (χ2v) is 9.23. The molecule has 0 saturated carbocycles. The first-order valence-electron chi connectivity index (χ1n) is 10.4. The van der Waals surface area contributed by atoms with Crippen molar-refractivity contribution in [2.75, 3.05) is 48.8 Å². The van der Waals surface area contributed by atoms with Crippen molar-refractivity contribution in [2.45, 2.75) is 6.92 Å². The Morgan fingerprint density at radius 1 is 0.969 bits per heavy atom. The summed E-state index contributed by atoms with van der Waals surface area (Å²) in [6.45, 7) is 6.13. The van der Waals surface area contributed by atoms with E-state index < -0.39 is 0 Å². The minimum absolute atomic E-state index is 0.255. The summed E-state index contributed by atoms with van der Waals surface area (Å²) in [7, 11) is 2.14. The molecule has 0 radical (unpaired) electrons. The monoisotopic (exact) mass is 468 g/mol. The van der Waals surface area contributed by atoms with Gasteiger partial charge in [-0.1, -0.05) is 17.7 Å². The van der Waals surface area contributed by atoms with Crippen LogP contribution in [0.15, 0.2) is 53.9 Å². The minimum atomic E-state index is -0.264. The van der Waals surface area contributed by atoms with E-state index in [0.29, 0.717) is 21.2 Å². The Hall–Kier alpha value is -2.87. The largest absolute Gasteiger partial charge is 0.369 e. The van der Waals surface area contributed by atoms with Gasteiger partial charge in [-0.05, 0) is 67.4 Å². The molecule has 2 N–H and O–H groups in total. The number of carbonyl (C=O) groups excluding carboxylic acids is 2. The number of benzene rings is 2. The molecule has 8 heteroatoms. The lowest BCUT2D eigenvalue weighted by atomic mass is 10.1. The van der Waals surface area contributed by atoms with Crippen LogP contribution in [-0.4, -0.2) is 49.9 Å². The van der Waals surface area contributed by atoms with Gasteiger partial charge in [0.15, 0.2) is 0 Å². The zero-order valence-electron chi connectivity index (χ0n) is 18.0. The van der Waals surface area contributed by atoms with Gasteiger partial charge in [-0.2, -0.15) is 0 Å². The molecule has 0 atom stereocenters. The van der Waals surface area contributed by atoms with Gasteiger partial charge in [-0.25, -0.2) is 0 Å². The van der Waals surface area contributed by atoms with E-state index >= 15 is 0 Å². The number of anilines is 3. The minimum Gasteiger partial charge on any atom is -0.369 e. The van der Waals surface area contributed by atoms with Crippen LogP contribution in [0.1, 0.15) is 25.6 Å². The predicted octanol–water partition coefficient (Wildman–Crippen LogP) is 4.97. The molecule has 2 amide bonds. The first-order valence-corrected chi connectivity index (χ1v) is 11.7. The highest BCUT2D eigenvalue weighted by molar-refractivity contribution is 7.12. The maximum absolute atomic E-state index is 12.8. The Labute approximate surface area is 196 Å². The van der Waals surface area contributed by atoms with E-state index in [2.05, 4.69) is 40.5 Å². The standard InChI is InChI=1S/C24H25ClN4O2S/c1-16-14-18(6-8-21(16)29-11-9-28(2)10-12-29)26-23(30)17-5-7-19(25)20(15-17)27-24(31)22-4-3-13-32-22/h3-8,13-15H,9-12H2,1-2H3,(H,26,30)(H,27,31). The van der Waals surface area contributed by atoms with Gasteiger partial charge in [0, 0.05) is 43.1 Å². The van der Waals surface area contributed by atoms with E-state index in [1.165, 1.54) is 17.0 Å². The fourth-order valence-corrected chi connectivity index (χ4v) is 4.48. The summed E-state index contributed by atoms with van der Waals surface area (Å²) in [5.74, 6) is -0.519. The molecule has 0 unspecified atom stereocenters. The van der Waals surface area contributed by atoms with E-state index in [1.54, 1.807) is 24.3 Å². The topological polar surface area (TPSA) is 64.7 Å². The van der Waals surface area contributed by atoms with Gasteiger partial charge in [0.1, 0.15) is 0 Å². The van der Waals surface area contributed by atoms with Crippen LogP contribution >= 0.6 is 22.9 Å². The third kappa shape index (κ3) is 5.12. The molecular formula is C24H25ClN4O2S. The highest BCUT2D eigenvalue weighted by Crippen LogP contribution is 2.27. The van der Waals surface area contributed by atoms with Gasteiger partial charge in [0.2, 0.25) is 0 Å². The van der Waals surface area contributed by atoms with Crippen molar-refractivity contribution in [3.63, 3.8) is 0 Å². The number of carbonyl (C=O) groups is 2. The predicted molar refractivity (Wildman–Crippen MR) is 133 cm³/mol. The number of halogens is 1. The molecule has 1 saturated heterocycles. The molecular weight excluding hydrogens is 444 g/mol. The van der Waals surface area contributed by atoms with Crippen molar-refractivity contribution in [2.24, 2.45) is 0 Å². The summed E-state index contributed by atoms with van der Waals surface area (Å²) < 4.78 is 0. The molecule has 2 aromatic carbocycles. The van der Waals surface area contributed by atoms with E-state index in [0.717, 1.165) is 37.4 Å². The number of piperazine rings is 1. The van der Waals surface area contributed by atoms with Crippen molar-refractivity contribution in [3.05, 3.63) is 74.9 Å². The SMILES string of the molecule is Cc1cc(NC(=O)c2ccc(Cl)c(NC(=O)c3cccs3)c2)ccc1N1CCN(C)CC1. The van der Waals surface area contributed by atoms with E-state index in [9.17, 15) is 9.59 Å². The van der Waals surface area contributed by atoms with Gasteiger partial charge in [0.25, 0.3) is 11.8 Å². The molecule has 1 fully saturated rings. The lowest BCUT2D eigenvalue weighted by Crippen LogP contribution is -2.44. The molecule has 0 bridgehead atoms. The van der Waals surface area contributed by atoms with Crippen molar-refractivity contribution in [1.82, 2.24) is 4.90 Å². The number of hydrogen-bond acceptors (Lipinski definition) is 5. The van der Waals surface area contributed by atoms with Crippen LogP contribution in [0.2, 0.25) is 5.02 Å². The van der Waals surface area contributed by atoms with Crippen LogP contribution in [-0.2, 0) is 0 Å². The fraction of sp³-hybridized carbons (Fsp3) is 0.250. The second kappa shape index (κ2) is 9.73. The van der Waals surface area contributed by atoms with Crippen molar-refractivity contribution < 1.29 is 9.59 Å². The summed E-state index contributed by atoms with van der Waals surface area (Å²) in [5, 5.41) is 7.93. The molecule has 2 heterocycles. The smallest absolute Gasteiger partial charge is 0.265 e. The molecule has 1 aliphatic heterocycles. The Bertz CT molecular complexity index is 1130. The average molecular weight is 469 g/mol. The molecule has 166 valence electrons. The van der Waals surface area contributed by atoms with Gasteiger partial charge in [0.05, 0.1) is 15.6 Å². The van der Waals surface area contributed by atoms with E-state index in [4.69, 9.17) is 11.6 Å². The second-order valence-electron chi connectivity index (χ2n) is 7.87. The maximum Gasteiger partial charge on any atom is 0.265 e. The number of hydrogen-bond donors (Lipinski definition) is 2. The summed E-state index contributed by atoms with van der Waals surface area (Å²) in [6, 6.07) is 14.4. The molecule has 32 heavy (non-hydrogen) atoms. The zero-order chi connectivity index (χ0) is 22.7. The van der Waals surface area contributed by atoms with E-state index in [-0.39, 0.29) is 11.8 Å². The van der Waals surface area contributed by atoms with Crippen molar-refractivity contribution >= 4 is 51.8 Å². The number of nitrogens with one attached hydrogen (secondary N) is 2. The quantitative estimate of drug-likeness (QED) is 0.555. The molecule has 0 spiro atoms.